The highest BCUT2D eigenvalue weighted by Gasteiger charge is 2.59. The molecule has 6 nitrogen and oxygen atoms in total. The highest BCUT2D eigenvalue weighted by Crippen LogP contribution is 2.43. The highest BCUT2D eigenvalue weighted by molar-refractivity contribution is 5.31. The minimum absolute atomic E-state index is 0.0412. The van der Waals surface area contributed by atoms with Crippen LogP contribution in [0.15, 0.2) is 10.9 Å². The predicted molar refractivity (Wildman–Crippen MR) is 63.6 cm³/mol. The fourth-order valence-corrected chi connectivity index (χ4v) is 2.48. The number of hydrogen-bond acceptors (Lipinski definition) is 4. The molecule has 2 aromatic heterocycles. The first-order chi connectivity index (χ1) is 9.33. The molecular formula is C11H12F3N5O. The van der Waals surface area contributed by atoms with Crippen molar-refractivity contribution in [3.8, 4) is 0 Å². The maximum absolute atomic E-state index is 13.4. The molecule has 1 fully saturated rings. The molecule has 0 aliphatic carbocycles. The zero-order valence-corrected chi connectivity index (χ0v) is 10.6. The van der Waals surface area contributed by atoms with Gasteiger partial charge in [0.1, 0.15) is 11.2 Å². The van der Waals surface area contributed by atoms with Crippen LogP contribution < -0.4 is 10.9 Å². The first kappa shape index (κ1) is 13.1. The second-order valence-electron chi connectivity index (χ2n) is 4.95. The topological polar surface area (TPSA) is 75.1 Å². The number of H-pyrrole nitrogens is 1. The third-order valence-electron chi connectivity index (χ3n) is 3.61. The van der Waals surface area contributed by atoms with Crippen LogP contribution in [0.25, 0.3) is 5.78 Å². The van der Waals surface area contributed by atoms with Crippen molar-refractivity contribution in [2.45, 2.75) is 24.9 Å². The predicted octanol–water partition coefficient (Wildman–Crippen LogP) is 0.519. The number of aryl methyl sites for hydroxylation is 1. The first-order valence-corrected chi connectivity index (χ1v) is 6.08. The van der Waals surface area contributed by atoms with Crippen molar-refractivity contribution in [2.24, 2.45) is 0 Å². The van der Waals surface area contributed by atoms with Gasteiger partial charge in [0.15, 0.2) is 0 Å². The lowest BCUT2D eigenvalue weighted by Crippen LogP contribution is -2.45. The molecule has 0 amide bonds. The van der Waals surface area contributed by atoms with E-state index in [9.17, 15) is 18.0 Å². The smallest absolute Gasteiger partial charge is 0.315 e. The highest BCUT2D eigenvalue weighted by atomic mass is 19.4. The molecule has 9 heteroatoms. The normalized spacial score (nSPS) is 23.6. The van der Waals surface area contributed by atoms with Crippen LogP contribution in [-0.4, -0.2) is 38.8 Å². The van der Waals surface area contributed by atoms with Gasteiger partial charge in [-0.15, -0.1) is 0 Å². The molecule has 108 valence electrons. The van der Waals surface area contributed by atoms with Gasteiger partial charge in [0.05, 0.1) is 0 Å². The van der Waals surface area contributed by atoms with E-state index in [0.717, 1.165) is 4.52 Å². The van der Waals surface area contributed by atoms with Crippen LogP contribution >= 0.6 is 0 Å². The Labute approximate surface area is 111 Å². The van der Waals surface area contributed by atoms with E-state index in [1.54, 1.807) is 6.92 Å². The molecule has 0 bridgehead atoms. The molecular weight excluding hydrogens is 275 g/mol. The average Bonchev–Trinajstić information content (AvgIpc) is 2.92. The Bertz CT molecular complexity index is 711. The average molecular weight is 287 g/mol. The van der Waals surface area contributed by atoms with Crippen molar-refractivity contribution >= 4 is 5.78 Å². The van der Waals surface area contributed by atoms with Gasteiger partial charge in [0.25, 0.3) is 11.3 Å². The monoisotopic (exact) mass is 287 g/mol. The number of halogens is 3. The SMILES string of the molecule is Cc1cc(=O)n2[nH]c(C3(C(F)(F)F)CCNC3)nc2n1. The van der Waals surface area contributed by atoms with Gasteiger partial charge in [-0.25, -0.2) is 4.98 Å². The molecule has 2 aromatic rings. The van der Waals surface area contributed by atoms with Crippen LogP contribution in [0.5, 0.6) is 0 Å². The third kappa shape index (κ3) is 1.73. The van der Waals surface area contributed by atoms with E-state index in [2.05, 4.69) is 20.4 Å². The second-order valence-corrected chi connectivity index (χ2v) is 4.95. The molecule has 0 aromatic carbocycles. The van der Waals surface area contributed by atoms with Gasteiger partial charge in [-0.2, -0.15) is 22.7 Å². The summed E-state index contributed by atoms with van der Waals surface area (Å²) < 4.78 is 41.1. The molecule has 0 spiro atoms. The molecule has 0 radical (unpaired) electrons. The Morgan fingerprint density at radius 1 is 1.40 bits per heavy atom. The van der Waals surface area contributed by atoms with Crippen LogP contribution in [0.2, 0.25) is 0 Å². The number of aromatic nitrogens is 4. The summed E-state index contributed by atoms with van der Waals surface area (Å²) in [5.74, 6) is -0.314. The molecule has 1 aliphatic heterocycles. The van der Waals surface area contributed by atoms with Crippen LogP contribution in [0.3, 0.4) is 0 Å². The Hall–Kier alpha value is -1.90. The van der Waals surface area contributed by atoms with Crippen molar-refractivity contribution in [3.05, 3.63) is 27.9 Å². The molecule has 3 rings (SSSR count). The standard InChI is InChI=1S/C11H12F3N5O/c1-6-4-7(20)19-9(16-6)17-8(18-19)10(11(12,13)14)2-3-15-5-10/h4,15H,2-3,5H2,1H3,(H,16,17,18). The van der Waals surface area contributed by atoms with Gasteiger partial charge < -0.3 is 5.32 Å². The number of alkyl halides is 3. The molecule has 1 aliphatic rings. The van der Waals surface area contributed by atoms with Crippen molar-refractivity contribution in [3.63, 3.8) is 0 Å². The molecule has 1 unspecified atom stereocenters. The summed E-state index contributed by atoms with van der Waals surface area (Å²) in [6.07, 6.45) is -4.58. The minimum atomic E-state index is -4.46. The van der Waals surface area contributed by atoms with Gasteiger partial charge in [-0.1, -0.05) is 0 Å². The molecule has 0 saturated carbocycles. The van der Waals surface area contributed by atoms with Crippen molar-refractivity contribution in [2.75, 3.05) is 13.1 Å². The zero-order valence-electron chi connectivity index (χ0n) is 10.6. The van der Waals surface area contributed by atoms with Gasteiger partial charge in [0.2, 0.25) is 0 Å². The molecule has 20 heavy (non-hydrogen) atoms. The quantitative estimate of drug-likeness (QED) is 0.802. The Balaban J connectivity index is 2.23. The van der Waals surface area contributed by atoms with Crippen LogP contribution in [-0.2, 0) is 5.41 Å². The summed E-state index contributed by atoms with van der Waals surface area (Å²) in [6.45, 7) is 1.58. The zero-order chi connectivity index (χ0) is 14.5. The number of nitrogens with one attached hydrogen (secondary N) is 2. The molecule has 1 saturated heterocycles. The minimum Gasteiger partial charge on any atom is -0.315 e. The summed E-state index contributed by atoms with van der Waals surface area (Å²) in [7, 11) is 0. The van der Waals surface area contributed by atoms with E-state index in [0.29, 0.717) is 5.69 Å². The lowest BCUT2D eigenvalue weighted by molar-refractivity contribution is -0.187. The van der Waals surface area contributed by atoms with E-state index < -0.39 is 17.2 Å². The maximum Gasteiger partial charge on any atom is 0.402 e. The summed E-state index contributed by atoms with van der Waals surface area (Å²) in [4.78, 5) is 19.6. The van der Waals surface area contributed by atoms with Gasteiger partial charge in [-0.05, 0) is 19.9 Å². The summed E-state index contributed by atoms with van der Waals surface area (Å²) >= 11 is 0. The lowest BCUT2D eigenvalue weighted by atomic mass is 9.85. The first-order valence-electron chi connectivity index (χ1n) is 6.08. The van der Waals surface area contributed by atoms with E-state index in [1.807, 2.05) is 0 Å². The van der Waals surface area contributed by atoms with Crippen LogP contribution in [0.4, 0.5) is 13.2 Å². The van der Waals surface area contributed by atoms with Crippen LogP contribution in [0, 0.1) is 6.92 Å². The lowest BCUT2D eigenvalue weighted by Gasteiger charge is -2.28. The van der Waals surface area contributed by atoms with Gasteiger partial charge >= 0.3 is 6.18 Å². The molecule has 3 heterocycles. The summed E-state index contributed by atoms with van der Waals surface area (Å²) in [5, 5.41) is 5.15. The van der Waals surface area contributed by atoms with E-state index in [-0.39, 0.29) is 31.1 Å². The van der Waals surface area contributed by atoms with E-state index in [1.165, 1.54) is 6.07 Å². The van der Waals surface area contributed by atoms with E-state index in [4.69, 9.17) is 0 Å². The maximum atomic E-state index is 13.4. The Morgan fingerprint density at radius 2 is 2.15 bits per heavy atom. The number of fused-ring (bicyclic) bond motifs is 1. The van der Waals surface area contributed by atoms with Crippen molar-refractivity contribution in [1.29, 1.82) is 0 Å². The molecule has 2 N–H and O–H groups in total. The Kier molecular flexibility index (Phi) is 2.65. The number of aromatic amines is 1. The van der Waals surface area contributed by atoms with Crippen molar-refractivity contribution in [1.82, 2.24) is 24.9 Å². The fraction of sp³-hybridized carbons (Fsp3) is 0.545. The van der Waals surface area contributed by atoms with Gasteiger partial charge in [0, 0.05) is 18.3 Å². The summed E-state index contributed by atoms with van der Waals surface area (Å²) in [6, 6.07) is 1.24. The number of nitrogens with zero attached hydrogens (tertiary/aromatic N) is 3. The van der Waals surface area contributed by atoms with Gasteiger partial charge in [-0.3, -0.25) is 9.89 Å². The largest absolute Gasteiger partial charge is 0.402 e. The molecule has 1 atom stereocenters. The Morgan fingerprint density at radius 3 is 2.75 bits per heavy atom. The van der Waals surface area contributed by atoms with Crippen molar-refractivity contribution < 1.29 is 13.2 Å². The number of hydrogen-bond donors (Lipinski definition) is 2. The summed E-state index contributed by atoms with van der Waals surface area (Å²) in [5.41, 5.74) is -2.16. The van der Waals surface area contributed by atoms with E-state index >= 15 is 0 Å². The third-order valence-corrected chi connectivity index (χ3v) is 3.61. The fourth-order valence-electron chi connectivity index (χ4n) is 2.48. The number of rotatable bonds is 1. The van der Waals surface area contributed by atoms with Crippen LogP contribution in [0.1, 0.15) is 17.9 Å². The second kappa shape index (κ2) is 4.05.